The van der Waals surface area contributed by atoms with Gasteiger partial charge in [-0.15, -0.1) is 0 Å². The van der Waals surface area contributed by atoms with Crippen LogP contribution in [-0.2, 0) is 24.3 Å². The first kappa shape index (κ1) is 37.1. The predicted octanol–water partition coefficient (Wildman–Crippen LogP) is 5.26. The van der Waals surface area contributed by atoms with Crippen molar-refractivity contribution < 1.29 is 9.59 Å². The zero-order chi connectivity index (χ0) is 37.8. The number of aromatic nitrogens is 4. The molecule has 1 aliphatic rings. The van der Waals surface area contributed by atoms with Gasteiger partial charge in [0.1, 0.15) is 5.82 Å². The second-order valence-corrected chi connectivity index (χ2v) is 14.0. The van der Waals surface area contributed by atoms with E-state index in [2.05, 4.69) is 30.1 Å². The zero-order valence-electron chi connectivity index (χ0n) is 31.4. The number of benzene rings is 1. The van der Waals surface area contributed by atoms with Gasteiger partial charge in [0.2, 0.25) is 5.91 Å². The fraction of sp³-hybridized carbons (Fsp3) is 0.366. The quantitative estimate of drug-likeness (QED) is 0.168. The maximum atomic E-state index is 13.6. The van der Waals surface area contributed by atoms with E-state index in [1.807, 2.05) is 90.3 Å². The van der Waals surface area contributed by atoms with Gasteiger partial charge in [0.25, 0.3) is 17.0 Å². The average molecular weight is 717 g/mol. The van der Waals surface area contributed by atoms with Crippen molar-refractivity contribution in [2.75, 3.05) is 36.0 Å². The predicted molar refractivity (Wildman–Crippen MR) is 210 cm³/mol. The first-order valence-electron chi connectivity index (χ1n) is 18.3. The van der Waals surface area contributed by atoms with E-state index in [4.69, 9.17) is 4.98 Å². The number of aryl methyl sites for hydroxylation is 3. The molecule has 12 heteroatoms. The highest BCUT2D eigenvalue weighted by Crippen LogP contribution is 2.30. The molecule has 0 atom stereocenters. The SMILES string of the molecule is CCC(=O)N(c1cc(C(=O)NCc2c(C)cc(C)[nH]c2=O)cc(-c2ccc(N3CCN(Cc4cnc5cc(CC)c(=O)[nH]c5c4)CC3)nc2)c1)C(C)C. The topological polar surface area (TPSA) is 147 Å². The molecule has 4 aromatic heterocycles. The van der Waals surface area contributed by atoms with E-state index >= 15 is 0 Å². The monoisotopic (exact) mass is 716 g/mol. The minimum absolute atomic E-state index is 0.0460. The van der Waals surface area contributed by atoms with Gasteiger partial charge in [-0.05, 0) is 99.3 Å². The molecule has 6 rings (SSSR count). The van der Waals surface area contributed by atoms with Crippen LogP contribution in [0.3, 0.4) is 0 Å². The first-order valence-corrected chi connectivity index (χ1v) is 18.3. The van der Waals surface area contributed by atoms with Gasteiger partial charge in [-0.1, -0.05) is 13.8 Å². The van der Waals surface area contributed by atoms with E-state index in [1.165, 1.54) is 0 Å². The lowest BCUT2D eigenvalue weighted by molar-refractivity contribution is -0.118. The zero-order valence-corrected chi connectivity index (χ0v) is 31.4. The van der Waals surface area contributed by atoms with Crippen LogP contribution in [0.15, 0.2) is 70.5 Å². The molecule has 12 nitrogen and oxygen atoms in total. The summed E-state index contributed by atoms with van der Waals surface area (Å²) in [6.45, 7) is 15.5. The Morgan fingerprint density at radius 2 is 1.66 bits per heavy atom. The van der Waals surface area contributed by atoms with Gasteiger partial charge < -0.3 is 25.1 Å². The maximum Gasteiger partial charge on any atom is 0.253 e. The Morgan fingerprint density at radius 1 is 0.887 bits per heavy atom. The highest BCUT2D eigenvalue weighted by atomic mass is 16.2. The fourth-order valence-electron chi connectivity index (χ4n) is 6.97. The summed E-state index contributed by atoms with van der Waals surface area (Å²) in [7, 11) is 0. The number of carbonyl (C=O) groups is 2. The van der Waals surface area contributed by atoms with Crippen molar-refractivity contribution >= 4 is 34.4 Å². The number of H-pyrrole nitrogens is 2. The Morgan fingerprint density at radius 3 is 2.32 bits per heavy atom. The summed E-state index contributed by atoms with van der Waals surface area (Å²) in [6, 6.07) is 15.1. The Bertz CT molecular complexity index is 2250. The van der Waals surface area contributed by atoms with Crippen LogP contribution in [0.5, 0.6) is 0 Å². The van der Waals surface area contributed by atoms with Gasteiger partial charge in [0.05, 0.1) is 11.0 Å². The lowest BCUT2D eigenvalue weighted by Crippen LogP contribution is -2.46. The first-order chi connectivity index (χ1) is 25.4. The molecule has 2 amide bonds. The third kappa shape index (κ3) is 8.38. The molecule has 5 heterocycles. The highest BCUT2D eigenvalue weighted by Gasteiger charge is 2.22. The molecular formula is C41H48N8O4. The van der Waals surface area contributed by atoms with Crippen molar-refractivity contribution in [2.45, 2.75) is 73.5 Å². The van der Waals surface area contributed by atoms with Crippen LogP contribution in [0.2, 0.25) is 0 Å². The van der Waals surface area contributed by atoms with E-state index in [0.717, 1.165) is 83.1 Å². The van der Waals surface area contributed by atoms with Gasteiger partial charge >= 0.3 is 0 Å². The molecule has 1 fully saturated rings. The number of amides is 2. The summed E-state index contributed by atoms with van der Waals surface area (Å²) in [5.74, 6) is 0.471. The molecule has 5 aromatic rings. The largest absolute Gasteiger partial charge is 0.354 e. The van der Waals surface area contributed by atoms with Crippen molar-refractivity contribution in [3.63, 3.8) is 0 Å². The fourth-order valence-corrected chi connectivity index (χ4v) is 6.97. The van der Waals surface area contributed by atoms with Crippen LogP contribution in [0, 0.1) is 13.8 Å². The van der Waals surface area contributed by atoms with E-state index in [-0.39, 0.29) is 35.5 Å². The van der Waals surface area contributed by atoms with Crippen molar-refractivity contribution in [3.8, 4) is 11.1 Å². The van der Waals surface area contributed by atoms with Crippen molar-refractivity contribution in [2.24, 2.45) is 0 Å². The van der Waals surface area contributed by atoms with Crippen LogP contribution < -0.4 is 26.2 Å². The second kappa shape index (κ2) is 16.0. The number of anilines is 2. The number of fused-ring (bicyclic) bond motifs is 1. The van der Waals surface area contributed by atoms with Crippen molar-refractivity contribution in [3.05, 3.63) is 115 Å². The van der Waals surface area contributed by atoms with E-state index < -0.39 is 0 Å². The molecule has 1 saturated heterocycles. The van der Waals surface area contributed by atoms with Crippen molar-refractivity contribution in [1.29, 1.82) is 0 Å². The molecule has 1 aliphatic heterocycles. The molecule has 276 valence electrons. The average Bonchev–Trinajstić information content (AvgIpc) is 3.14. The van der Waals surface area contributed by atoms with Crippen LogP contribution in [0.1, 0.15) is 72.4 Å². The van der Waals surface area contributed by atoms with Crippen LogP contribution in [0.25, 0.3) is 22.2 Å². The third-order valence-electron chi connectivity index (χ3n) is 9.86. The summed E-state index contributed by atoms with van der Waals surface area (Å²) >= 11 is 0. The van der Waals surface area contributed by atoms with Gasteiger partial charge in [-0.2, -0.15) is 0 Å². The number of aromatic amines is 2. The van der Waals surface area contributed by atoms with E-state index in [1.54, 1.807) is 17.0 Å². The summed E-state index contributed by atoms with van der Waals surface area (Å²) in [4.78, 5) is 73.2. The molecule has 1 aromatic carbocycles. The molecule has 3 N–H and O–H groups in total. The molecule has 0 aliphatic carbocycles. The minimum atomic E-state index is -0.346. The molecule has 0 unspecified atom stereocenters. The van der Waals surface area contributed by atoms with Crippen LogP contribution >= 0.6 is 0 Å². The molecule has 0 radical (unpaired) electrons. The third-order valence-corrected chi connectivity index (χ3v) is 9.86. The summed E-state index contributed by atoms with van der Waals surface area (Å²) < 4.78 is 0. The van der Waals surface area contributed by atoms with Crippen LogP contribution in [-0.4, -0.2) is 68.9 Å². The normalized spacial score (nSPS) is 13.5. The van der Waals surface area contributed by atoms with Gasteiger partial charge in [0, 0.05) is 97.8 Å². The Kier molecular flexibility index (Phi) is 11.2. The number of piperazine rings is 1. The Labute approximate surface area is 309 Å². The number of pyridine rings is 4. The summed E-state index contributed by atoms with van der Waals surface area (Å²) in [6.07, 6.45) is 4.69. The molecule has 0 spiro atoms. The Hall–Kier alpha value is -5.62. The standard InChI is InChI=1S/C41H48N8O4/c1-7-29-20-35-36(46-40(29)52)16-28(21-42-35)24-47-11-13-48(14-12-47)37-10-9-30(22-43-37)31-17-32(19-33(18-31)49(25(3)4)38(50)8-2)39(51)44-23-34-26(5)15-27(6)45-41(34)53/h9-10,15-22,25H,7-8,11-14,23-24H2,1-6H3,(H,44,51)(H,45,53)(H,46,52). The molecule has 53 heavy (non-hydrogen) atoms. The number of nitrogens with one attached hydrogen (secondary N) is 3. The number of carbonyl (C=O) groups excluding carboxylic acids is 2. The lowest BCUT2D eigenvalue weighted by Gasteiger charge is -2.35. The van der Waals surface area contributed by atoms with Gasteiger partial charge in [-0.3, -0.25) is 29.1 Å². The Balaban J connectivity index is 1.17. The number of hydrogen-bond acceptors (Lipinski definition) is 8. The summed E-state index contributed by atoms with van der Waals surface area (Å²) in [5.41, 5.74) is 7.71. The molecule has 0 saturated carbocycles. The van der Waals surface area contributed by atoms with E-state index in [9.17, 15) is 19.2 Å². The smallest absolute Gasteiger partial charge is 0.253 e. The number of rotatable bonds is 11. The second-order valence-electron chi connectivity index (χ2n) is 14.0. The number of hydrogen-bond donors (Lipinski definition) is 3. The number of nitrogens with zero attached hydrogens (tertiary/aromatic N) is 5. The van der Waals surface area contributed by atoms with Crippen LogP contribution in [0.4, 0.5) is 11.5 Å². The maximum absolute atomic E-state index is 13.6. The van der Waals surface area contributed by atoms with E-state index in [0.29, 0.717) is 29.7 Å². The van der Waals surface area contributed by atoms with Gasteiger partial charge in [-0.25, -0.2) is 4.98 Å². The van der Waals surface area contributed by atoms with Crippen molar-refractivity contribution in [1.82, 2.24) is 30.2 Å². The molecule has 0 bridgehead atoms. The summed E-state index contributed by atoms with van der Waals surface area (Å²) in [5, 5.41) is 2.91. The highest BCUT2D eigenvalue weighted by molar-refractivity contribution is 6.00. The van der Waals surface area contributed by atoms with Gasteiger partial charge in [0.15, 0.2) is 0 Å². The molecular weight excluding hydrogens is 669 g/mol. The lowest BCUT2D eigenvalue weighted by atomic mass is 10.0. The minimum Gasteiger partial charge on any atom is -0.354 e.